The highest BCUT2D eigenvalue weighted by atomic mass is 19.1. The van der Waals surface area contributed by atoms with Crippen molar-refractivity contribution in [2.45, 2.75) is 31.5 Å². The van der Waals surface area contributed by atoms with Crippen LogP contribution < -0.4 is 10.6 Å². The lowest BCUT2D eigenvalue weighted by Crippen LogP contribution is -2.48. The van der Waals surface area contributed by atoms with E-state index in [1.54, 1.807) is 18.2 Å². The predicted molar refractivity (Wildman–Crippen MR) is 85.2 cm³/mol. The molecule has 1 fully saturated rings. The van der Waals surface area contributed by atoms with E-state index in [4.69, 9.17) is 0 Å². The van der Waals surface area contributed by atoms with Crippen LogP contribution in [0.2, 0.25) is 0 Å². The molecule has 2 aromatic carbocycles. The first-order chi connectivity index (χ1) is 11.5. The van der Waals surface area contributed by atoms with E-state index in [2.05, 4.69) is 10.6 Å². The zero-order valence-corrected chi connectivity index (χ0v) is 12.9. The largest absolute Gasteiger partial charge is 0.508 e. The third-order valence-corrected chi connectivity index (χ3v) is 4.19. The first kappa shape index (κ1) is 16.4. The number of para-hydroxylation sites is 1. The lowest BCUT2D eigenvalue weighted by atomic mass is 9.91. The summed E-state index contributed by atoms with van der Waals surface area (Å²) in [5, 5.41) is 15.9. The molecule has 0 saturated carbocycles. The van der Waals surface area contributed by atoms with E-state index in [9.17, 15) is 18.7 Å². The molecule has 1 amide bonds. The molecule has 1 saturated heterocycles. The molecule has 3 rings (SSSR count). The smallest absolute Gasteiger partial charge is 0.220 e. The Morgan fingerprint density at radius 2 is 1.88 bits per heavy atom. The van der Waals surface area contributed by atoms with Gasteiger partial charge in [-0.2, -0.15) is 0 Å². The molecule has 3 N–H and O–H groups in total. The van der Waals surface area contributed by atoms with Crippen molar-refractivity contribution in [1.29, 1.82) is 0 Å². The van der Waals surface area contributed by atoms with Gasteiger partial charge in [-0.05, 0) is 30.2 Å². The fraction of sp³-hybridized carbons (Fsp3) is 0.278. The summed E-state index contributed by atoms with van der Waals surface area (Å²) in [5.41, 5.74) is 1.11. The second-order valence-corrected chi connectivity index (χ2v) is 5.90. The minimum Gasteiger partial charge on any atom is -0.508 e. The molecule has 1 heterocycles. The molecule has 4 nitrogen and oxygen atoms in total. The van der Waals surface area contributed by atoms with E-state index in [1.165, 1.54) is 12.1 Å². The van der Waals surface area contributed by atoms with Crippen LogP contribution in [0.1, 0.15) is 30.0 Å². The van der Waals surface area contributed by atoms with Crippen LogP contribution in [0.5, 0.6) is 5.75 Å². The number of nitrogens with one attached hydrogen (secondary N) is 2. The van der Waals surface area contributed by atoms with E-state index in [0.717, 1.165) is 11.6 Å². The van der Waals surface area contributed by atoms with Gasteiger partial charge in [-0.25, -0.2) is 8.78 Å². The molecule has 0 unspecified atom stereocenters. The molecule has 0 spiro atoms. The number of carbonyl (C=O) groups is 1. The normalized spacial score (nSPS) is 20.7. The fourth-order valence-electron chi connectivity index (χ4n) is 2.99. The zero-order chi connectivity index (χ0) is 17.1. The molecule has 1 aliphatic heterocycles. The summed E-state index contributed by atoms with van der Waals surface area (Å²) in [7, 11) is 0. The number of phenols is 1. The van der Waals surface area contributed by atoms with Crippen molar-refractivity contribution in [3.8, 4) is 5.75 Å². The minimum atomic E-state index is -0.677. The van der Waals surface area contributed by atoms with Gasteiger partial charge in [0.1, 0.15) is 17.4 Å². The van der Waals surface area contributed by atoms with Gasteiger partial charge in [-0.3, -0.25) is 4.79 Å². The summed E-state index contributed by atoms with van der Waals surface area (Å²) in [5.74, 6) is -1.32. The molecule has 6 heteroatoms. The topological polar surface area (TPSA) is 61.4 Å². The summed E-state index contributed by atoms with van der Waals surface area (Å²) in [6, 6.07) is 9.49. The third-order valence-electron chi connectivity index (χ3n) is 4.19. The number of halogens is 2. The monoisotopic (exact) mass is 332 g/mol. The average molecular weight is 332 g/mol. The molecule has 24 heavy (non-hydrogen) atoms. The Labute approximate surface area is 138 Å². The number of amides is 1. The van der Waals surface area contributed by atoms with Gasteiger partial charge in [0.15, 0.2) is 0 Å². The highest BCUT2D eigenvalue weighted by Gasteiger charge is 2.30. The number of rotatable bonds is 4. The van der Waals surface area contributed by atoms with Gasteiger partial charge in [0.05, 0.1) is 6.04 Å². The van der Waals surface area contributed by atoms with E-state index in [1.807, 2.05) is 6.07 Å². The lowest BCUT2D eigenvalue weighted by molar-refractivity contribution is -0.123. The standard InChI is InChI=1S/C18H18F2N2O2/c19-13-7-12(8-14(20)9-13)18-15(5-6-17(24)22-18)21-10-11-3-1-2-4-16(11)23/h1-4,7-9,15,18,21,23H,5-6,10H2,(H,22,24)/t15-,18+/m1/s1. The van der Waals surface area contributed by atoms with Crippen LogP contribution in [-0.2, 0) is 11.3 Å². The number of aromatic hydroxyl groups is 1. The van der Waals surface area contributed by atoms with Crippen molar-refractivity contribution in [1.82, 2.24) is 10.6 Å². The number of benzene rings is 2. The van der Waals surface area contributed by atoms with Gasteiger partial charge in [0.25, 0.3) is 0 Å². The van der Waals surface area contributed by atoms with Crippen molar-refractivity contribution in [3.63, 3.8) is 0 Å². The van der Waals surface area contributed by atoms with Crippen LogP contribution in [0.25, 0.3) is 0 Å². The van der Waals surface area contributed by atoms with E-state index >= 15 is 0 Å². The SMILES string of the molecule is O=C1CC[C@@H](NCc2ccccc2O)[C@H](c2cc(F)cc(F)c2)N1. The predicted octanol–water partition coefficient (Wildman–Crippen LogP) is 2.78. The lowest BCUT2D eigenvalue weighted by Gasteiger charge is -2.33. The van der Waals surface area contributed by atoms with Gasteiger partial charge in [-0.15, -0.1) is 0 Å². The zero-order valence-electron chi connectivity index (χ0n) is 12.9. The molecule has 2 aromatic rings. The Hall–Kier alpha value is -2.47. The van der Waals surface area contributed by atoms with Crippen molar-refractivity contribution in [3.05, 3.63) is 65.2 Å². The highest BCUT2D eigenvalue weighted by Crippen LogP contribution is 2.26. The molecule has 0 radical (unpaired) electrons. The number of hydrogen-bond acceptors (Lipinski definition) is 3. The van der Waals surface area contributed by atoms with Crippen LogP contribution in [0, 0.1) is 11.6 Å². The van der Waals surface area contributed by atoms with Gasteiger partial charge in [0, 0.05) is 30.6 Å². The Bertz CT molecular complexity index is 731. The maximum absolute atomic E-state index is 13.5. The summed E-state index contributed by atoms with van der Waals surface area (Å²) in [4.78, 5) is 11.7. The van der Waals surface area contributed by atoms with Crippen LogP contribution in [-0.4, -0.2) is 17.1 Å². The number of piperidine rings is 1. The maximum atomic E-state index is 13.5. The first-order valence-corrected chi connectivity index (χ1v) is 7.78. The van der Waals surface area contributed by atoms with Gasteiger partial charge < -0.3 is 15.7 Å². The number of carbonyl (C=O) groups excluding carboxylic acids is 1. The Kier molecular flexibility index (Phi) is 4.76. The van der Waals surface area contributed by atoms with Crippen molar-refractivity contribution in [2.75, 3.05) is 0 Å². The Balaban J connectivity index is 1.79. The number of phenolic OH excluding ortho intramolecular Hbond substituents is 1. The van der Waals surface area contributed by atoms with Crippen LogP contribution >= 0.6 is 0 Å². The fourth-order valence-corrected chi connectivity index (χ4v) is 2.99. The molecular weight excluding hydrogens is 314 g/mol. The second kappa shape index (κ2) is 6.97. The van der Waals surface area contributed by atoms with Crippen LogP contribution in [0.4, 0.5) is 8.78 Å². The molecule has 126 valence electrons. The quantitative estimate of drug-likeness (QED) is 0.807. The summed E-state index contributed by atoms with van der Waals surface area (Å²) in [6.07, 6.45) is 0.884. The molecule has 0 aliphatic carbocycles. The molecular formula is C18H18F2N2O2. The highest BCUT2D eigenvalue weighted by molar-refractivity contribution is 5.77. The van der Waals surface area contributed by atoms with Crippen molar-refractivity contribution in [2.24, 2.45) is 0 Å². The molecule has 0 aromatic heterocycles. The molecule has 0 bridgehead atoms. The third kappa shape index (κ3) is 3.71. The molecule has 1 aliphatic rings. The Morgan fingerprint density at radius 1 is 1.17 bits per heavy atom. The number of hydrogen-bond donors (Lipinski definition) is 3. The van der Waals surface area contributed by atoms with E-state index < -0.39 is 17.7 Å². The summed E-state index contributed by atoms with van der Waals surface area (Å²) in [6.45, 7) is 0.390. The second-order valence-electron chi connectivity index (χ2n) is 5.90. The van der Waals surface area contributed by atoms with E-state index in [-0.39, 0.29) is 17.7 Å². The first-order valence-electron chi connectivity index (χ1n) is 7.78. The van der Waals surface area contributed by atoms with Gasteiger partial charge >= 0.3 is 0 Å². The van der Waals surface area contributed by atoms with Crippen LogP contribution in [0.15, 0.2) is 42.5 Å². The van der Waals surface area contributed by atoms with Crippen LogP contribution in [0.3, 0.4) is 0 Å². The van der Waals surface area contributed by atoms with E-state index in [0.29, 0.717) is 24.9 Å². The molecule has 2 atom stereocenters. The average Bonchev–Trinajstić information content (AvgIpc) is 2.54. The Morgan fingerprint density at radius 3 is 2.58 bits per heavy atom. The summed E-state index contributed by atoms with van der Waals surface area (Å²) < 4.78 is 27.0. The van der Waals surface area contributed by atoms with Crippen molar-refractivity contribution >= 4 is 5.91 Å². The maximum Gasteiger partial charge on any atom is 0.220 e. The summed E-state index contributed by atoms with van der Waals surface area (Å²) >= 11 is 0. The van der Waals surface area contributed by atoms with Gasteiger partial charge in [0.2, 0.25) is 5.91 Å². The minimum absolute atomic E-state index is 0.148. The van der Waals surface area contributed by atoms with Crippen molar-refractivity contribution < 1.29 is 18.7 Å². The van der Waals surface area contributed by atoms with Gasteiger partial charge in [-0.1, -0.05) is 18.2 Å².